The minimum Gasteiger partial charge on any atom is -0.392 e. The largest absolute Gasteiger partial charge is 0.392 e. The van der Waals surface area contributed by atoms with Crippen LogP contribution in [0.5, 0.6) is 0 Å². The zero-order valence-electron chi connectivity index (χ0n) is 9.40. The first-order chi connectivity index (χ1) is 7.86. The fourth-order valence-corrected chi connectivity index (χ4v) is 3.06. The molecule has 1 aliphatic rings. The van der Waals surface area contributed by atoms with Crippen molar-refractivity contribution in [1.82, 2.24) is 4.72 Å². The van der Waals surface area contributed by atoms with E-state index in [0.29, 0.717) is 5.56 Å². The molecular weight excluding hydrogens is 245 g/mol. The summed E-state index contributed by atoms with van der Waals surface area (Å²) in [6.07, 6.45) is 1.53. The first kappa shape index (κ1) is 12.5. The SMILES string of the molecule is CC1(NS(=O)(=O)c2ccc(CO)cc2F)CC1. The van der Waals surface area contributed by atoms with Gasteiger partial charge in [0.2, 0.25) is 10.0 Å². The van der Waals surface area contributed by atoms with Crippen LogP contribution in [0.3, 0.4) is 0 Å². The number of benzene rings is 1. The summed E-state index contributed by atoms with van der Waals surface area (Å²) in [7, 11) is -3.82. The number of sulfonamides is 1. The molecule has 0 aromatic heterocycles. The predicted octanol–water partition coefficient (Wildman–Crippen LogP) is 1.15. The van der Waals surface area contributed by atoms with Gasteiger partial charge < -0.3 is 5.11 Å². The number of hydrogen-bond donors (Lipinski definition) is 2. The van der Waals surface area contributed by atoms with E-state index in [9.17, 15) is 12.8 Å². The normalized spacial score (nSPS) is 18.1. The standard InChI is InChI=1S/C11H14FNO3S/c1-11(4-5-11)13-17(15,16)10-3-2-8(7-14)6-9(10)12/h2-3,6,13-14H,4-5,7H2,1H3. The third kappa shape index (κ3) is 2.65. The predicted molar refractivity (Wildman–Crippen MR) is 60.3 cm³/mol. The average molecular weight is 259 g/mol. The van der Waals surface area contributed by atoms with Gasteiger partial charge in [-0.15, -0.1) is 0 Å². The van der Waals surface area contributed by atoms with Crippen LogP contribution in [0, 0.1) is 5.82 Å². The van der Waals surface area contributed by atoms with E-state index in [1.165, 1.54) is 12.1 Å². The van der Waals surface area contributed by atoms with Crippen LogP contribution in [0.4, 0.5) is 4.39 Å². The van der Waals surface area contributed by atoms with Gasteiger partial charge in [-0.25, -0.2) is 17.5 Å². The Balaban J connectivity index is 2.33. The molecule has 1 aromatic carbocycles. The Bertz CT molecular complexity index is 538. The van der Waals surface area contributed by atoms with Crippen molar-refractivity contribution in [2.24, 2.45) is 0 Å². The lowest BCUT2D eigenvalue weighted by atomic mass is 10.2. The summed E-state index contributed by atoms with van der Waals surface area (Å²) >= 11 is 0. The summed E-state index contributed by atoms with van der Waals surface area (Å²) in [6, 6.07) is 3.60. The van der Waals surface area contributed by atoms with Gasteiger partial charge in [0.1, 0.15) is 10.7 Å². The van der Waals surface area contributed by atoms with E-state index in [-0.39, 0.29) is 11.5 Å². The molecule has 0 heterocycles. The first-order valence-electron chi connectivity index (χ1n) is 5.30. The second kappa shape index (κ2) is 4.04. The molecule has 6 heteroatoms. The maximum absolute atomic E-state index is 13.6. The van der Waals surface area contributed by atoms with Crippen LogP contribution in [0.2, 0.25) is 0 Å². The van der Waals surface area contributed by atoms with Gasteiger partial charge in [0, 0.05) is 5.54 Å². The topological polar surface area (TPSA) is 66.4 Å². The maximum atomic E-state index is 13.6. The van der Waals surface area contributed by atoms with Crippen molar-refractivity contribution in [1.29, 1.82) is 0 Å². The molecule has 0 saturated heterocycles. The fourth-order valence-electron chi connectivity index (χ4n) is 1.53. The smallest absolute Gasteiger partial charge is 0.243 e. The number of rotatable bonds is 4. The minimum absolute atomic E-state index is 0.317. The van der Waals surface area contributed by atoms with Crippen LogP contribution in [0.1, 0.15) is 25.3 Å². The van der Waals surface area contributed by atoms with Gasteiger partial charge in [0.25, 0.3) is 0 Å². The molecule has 0 aliphatic heterocycles. The van der Waals surface area contributed by atoms with Crippen LogP contribution in [0.15, 0.2) is 23.1 Å². The molecule has 1 fully saturated rings. The second-order valence-electron chi connectivity index (χ2n) is 4.59. The molecule has 0 amide bonds. The van der Waals surface area contributed by atoms with Crippen LogP contribution in [-0.4, -0.2) is 19.1 Å². The molecule has 2 rings (SSSR count). The highest BCUT2D eigenvalue weighted by atomic mass is 32.2. The molecule has 94 valence electrons. The highest BCUT2D eigenvalue weighted by Gasteiger charge is 2.41. The number of aliphatic hydroxyl groups is 1. The summed E-state index contributed by atoms with van der Waals surface area (Å²) in [5, 5.41) is 8.82. The highest BCUT2D eigenvalue weighted by Crippen LogP contribution is 2.36. The summed E-state index contributed by atoms with van der Waals surface area (Å²) in [5.41, 5.74) is -0.0833. The zero-order valence-corrected chi connectivity index (χ0v) is 10.2. The molecule has 0 bridgehead atoms. The molecule has 2 N–H and O–H groups in total. The van der Waals surface area contributed by atoms with Gasteiger partial charge in [0.05, 0.1) is 6.61 Å². The van der Waals surface area contributed by atoms with E-state index in [1.807, 2.05) is 0 Å². The average Bonchev–Trinajstić information content (AvgIpc) is 2.94. The Hall–Kier alpha value is -0.980. The van der Waals surface area contributed by atoms with Gasteiger partial charge >= 0.3 is 0 Å². The van der Waals surface area contributed by atoms with Crippen molar-refractivity contribution in [2.75, 3.05) is 0 Å². The van der Waals surface area contributed by atoms with Crippen LogP contribution >= 0.6 is 0 Å². The summed E-state index contributed by atoms with van der Waals surface area (Å²) in [4.78, 5) is -0.372. The summed E-state index contributed by atoms with van der Waals surface area (Å²) in [5.74, 6) is -0.840. The minimum atomic E-state index is -3.82. The maximum Gasteiger partial charge on any atom is 0.243 e. The van der Waals surface area contributed by atoms with Gasteiger partial charge in [-0.1, -0.05) is 6.07 Å². The van der Waals surface area contributed by atoms with Crippen LogP contribution in [-0.2, 0) is 16.6 Å². The zero-order chi connectivity index (χ0) is 12.7. The number of hydrogen-bond acceptors (Lipinski definition) is 3. The Kier molecular flexibility index (Phi) is 2.97. The van der Waals surface area contributed by atoms with Crippen molar-refractivity contribution in [2.45, 2.75) is 36.8 Å². The third-order valence-corrected chi connectivity index (χ3v) is 4.52. The first-order valence-corrected chi connectivity index (χ1v) is 6.78. The van der Waals surface area contributed by atoms with Crippen molar-refractivity contribution in [3.05, 3.63) is 29.6 Å². The molecular formula is C11H14FNO3S. The Labute approximate surface area is 99.5 Å². The van der Waals surface area contributed by atoms with Crippen molar-refractivity contribution >= 4 is 10.0 Å². The molecule has 0 unspecified atom stereocenters. The molecule has 0 spiro atoms. The lowest BCUT2D eigenvalue weighted by Crippen LogP contribution is -2.34. The van der Waals surface area contributed by atoms with Crippen molar-refractivity contribution < 1.29 is 17.9 Å². The van der Waals surface area contributed by atoms with Gasteiger partial charge in [0.15, 0.2) is 0 Å². The van der Waals surface area contributed by atoms with Crippen molar-refractivity contribution in [3.63, 3.8) is 0 Å². The van der Waals surface area contributed by atoms with Gasteiger partial charge in [-0.2, -0.15) is 0 Å². The fraction of sp³-hybridized carbons (Fsp3) is 0.455. The molecule has 1 aromatic rings. The van der Waals surface area contributed by atoms with Crippen LogP contribution < -0.4 is 4.72 Å². The quantitative estimate of drug-likeness (QED) is 0.852. The number of halogens is 1. The second-order valence-corrected chi connectivity index (χ2v) is 6.24. The molecule has 1 aliphatic carbocycles. The van der Waals surface area contributed by atoms with E-state index in [4.69, 9.17) is 5.11 Å². The Morgan fingerprint density at radius 2 is 2.12 bits per heavy atom. The molecule has 0 atom stereocenters. The summed E-state index contributed by atoms with van der Waals surface area (Å²) < 4.78 is 39.9. The van der Waals surface area contributed by atoms with Crippen molar-refractivity contribution in [3.8, 4) is 0 Å². The Morgan fingerprint density at radius 1 is 1.47 bits per heavy atom. The van der Waals surface area contributed by atoms with E-state index in [2.05, 4.69) is 4.72 Å². The monoisotopic (exact) mass is 259 g/mol. The third-order valence-electron chi connectivity index (χ3n) is 2.85. The van der Waals surface area contributed by atoms with Gasteiger partial charge in [-0.05, 0) is 37.5 Å². The van der Waals surface area contributed by atoms with E-state index < -0.39 is 21.4 Å². The molecule has 0 radical (unpaired) electrons. The van der Waals surface area contributed by atoms with E-state index >= 15 is 0 Å². The lowest BCUT2D eigenvalue weighted by Gasteiger charge is -2.13. The number of aliphatic hydroxyl groups excluding tert-OH is 1. The van der Waals surface area contributed by atoms with Gasteiger partial charge in [-0.3, -0.25) is 0 Å². The highest BCUT2D eigenvalue weighted by molar-refractivity contribution is 7.89. The van der Waals surface area contributed by atoms with E-state index in [1.54, 1.807) is 6.92 Å². The number of nitrogens with one attached hydrogen (secondary N) is 1. The molecule has 17 heavy (non-hydrogen) atoms. The van der Waals surface area contributed by atoms with E-state index in [0.717, 1.165) is 18.9 Å². The van der Waals surface area contributed by atoms with Crippen LogP contribution in [0.25, 0.3) is 0 Å². The molecule has 4 nitrogen and oxygen atoms in total. The molecule has 1 saturated carbocycles. The lowest BCUT2D eigenvalue weighted by molar-refractivity contribution is 0.281. The summed E-state index contributed by atoms with van der Waals surface area (Å²) in [6.45, 7) is 1.47. The Morgan fingerprint density at radius 3 is 2.59 bits per heavy atom.